The standard InChI is InChI=1S/C30H36N4O2.ClH/c1-4-20-15-21-16-23-28-25(13-19(18-31)14-27(28)35)32-29(23)30(2,3)24(21)17-26(20)34-7-5-22(6-8-34)33-9-11-36-12-10-33;/h13,15,17,22,32H,4-12,14,16H2,1-3H3;1H. The number of aromatic nitrogens is 1. The Labute approximate surface area is 226 Å². The van der Waals surface area contributed by atoms with Crippen molar-refractivity contribution in [3.8, 4) is 6.07 Å². The Morgan fingerprint density at radius 3 is 2.54 bits per heavy atom. The van der Waals surface area contributed by atoms with E-state index < -0.39 is 0 Å². The number of morpholine rings is 1. The van der Waals surface area contributed by atoms with Crippen LogP contribution in [-0.4, -0.2) is 61.1 Å². The summed E-state index contributed by atoms with van der Waals surface area (Å²) >= 11 is 0. The molecule has 0 atom stereocenters. The smallest absolute Gasteiger partial charge is 0.170 e. The van der Waals surface area contributed by atoms with E-state index in [1.807, 2.05) is 6.08 Å². The van der Waals surface area contributed by atoms with Gasteiger partial charge in [-0.2, -0.15) is 5.26 Å². The van der Waals surface area contributed by atoms with E-state index in [0.717, 1.165) is 74.7 Å². The monoisotopic (exact) mass is 520 g/mol. The Morgan fingerprint density at radius 1 is 1.14 bits per heavy atom. The van der Waals surface area contributed by atoms with Gasteiger partial charge >= 0.3 is 0 Å². The average molecular weight is 521 g/mol. The summed E-state index contributed by atoms with van der Waals surface area (Å²) in [4.78, 5) is 21.8. The molecule has 1 N–H and O–H groups in total. The van der Waals surface area contributed by atoms with Gasteiger partial charge in [-0.05, 0) is 53.7 Å². The minimum absolute atomic E-state index is 0. The lowest BCUT2D eigenvalue weighted by Crippen LogP contribution is -2.49. The van der Waals surface area contributed by atoms with E-state index in [2.05, 4.69) is 53.8 Å². The van der Waals surface area contributed by atoms with Gasteiger partial charge in [-0.15, -0.1) is 12.4 Å². The molecule has 4 aliphatic rings. The number of aryl methyl sites for hydroxylation is 1. The number of hydrogen-bond acceptors (Lipinski definition) is 5. The summed E-state index contributed by atoms with van der Waals surface area (Å²) < 4.78 is 5.56. The molecule has 0 unspecified atom stereocenters. The van der Waals surface area contributed by atoms with Crippen LogP contribution in [0.2, 0.25) is 0 Å². The van der Waals surface area contributed by atoms with E-state index >= 15 is 0 Å². The molecule has 2 aliphatic carbocycles. The van der Waals surface area contributed by atoms with Gasteiger partial charge in [-0.3, -0.25) is 9.69 Å². The van der Waals surface area contributed by atoms with Crippen LogP contribution in [0.5, 0.6) is 0 Å². The second-order valence-corrected chi connectivity index (χ2v) is 11.3. The molecule has 0 radical (unpaired) electrons. The number of benzene rings is 1. The van der Waals surface area contributed by atoms with Gasteiger partial charge in [0, 0.05) is 73.0 Å². The predicted octanol–water partition coefficient (Wildman–Crippen LogP) is 5.02. The van der Waals surface area contributed by atoms with Crippen LogP contribution < -0.4 is 4.90 Å². The zero-order valence-corrected chi connectivity index (χ0v) is 23.0. The number of nitrogens with zero attached hydrogens (tertiary/aromatic N) is 3. The molecule has 6 rings (SSSR count). The van der Waals surface area contributed by atoms with E-state index in [-0.39, 0.29) is 30.0 Å². The van der Waals surface area contributed by atoms with Crippen LogP contribution in [-0.2, 0) is 23.0 Å². The summed E-state index contributed by atoms with van der Waals surface area (Å²) in [5.41, 5.74) is 9.64. The summed E-state index contributed by atoms with van der Waals surface area (Å²) in [7, 11) is 0. The number of Topliss-reactive ketones (excluding diaryl/α,β-unsaturated/α-hetero) is 1. The fourth-order valence-corrected chi connectivity index (χ4v) is 6.99. The highest BCUT2D eigenvalue weighted by atomic mass is 35.5. The lowest BCUT2D eigenvalue weighted by molar-refractivity contribution is 0.0115. The van der Waals surface area contributed by atoms with Crippen LogP contribution in [0.15, 0.2) is 17.7 Å². The Balaban J connectivity index is 0.00000280. The number of carbonyl (C=O) groups excluding carboxylic acids is 1. The molecular weight excluding hydrogens is 484 g/mol. The second-order valence-electron chi connectivity index (χ2n) is 11.3. The highest BCUT2D eigenvalue weighted by molar-refractivity contribution is 6.06. The molecule has 2 aromatic rings. The lowest BCUT2D eigenvalue weighted by Gasteiger charge is -2.42. The first-order valence-corrected chi connectivity index (χ1v) is 13.5. The van der Waals surface area contributed by atoms with Crippen LogP contribution in [0.25, 0.3) is 6.08 Å². The summed E-state index contributed by atoms with van der Waals surface area (Å²) in [6, 6.07) is 7.71. The third-order valence-corrected chi connectivity index (χ3v) is 8.94. The molecule has 6 nitrogen and oxygen atoms in total. The Morgan fingerprint density at radius 2 is 1.86 bits per heavy atom. The maximum Gasteiger partial charge on any atom is 0.170 e. The number of carbonyl (C=O) groups is 1. The van der Waals surface area contributed by atoms with E-state index in [1.165, 1.54) is 35.2 Å². The zero-order valence-electron chi connectivity index (χ0n) is 22.2. The third-order valence-electron chi connectivity index (χ3n) is 8.94. The highest BCUT2D eigenvalue weighted by Crippen LogP contribution is 2.46. The lowest BCUT2D eigenvalue weighted by atomic mass is 9.70. The predicted molar refractivity (Wildman–Crippen MR) is 149 cm³/mol. The van der Waals surface area contributed by atoms with Crippen molar-refractivity contribution < 1.29 is 9.53 Å². The number of hydrogen-bond donors (Lipinski definition) is 1. The number of nitrogens with one attached hydrogen (secondary N) is 1. The van der Waals surface area contributed by atoms with Gasteiger partial charge in [-0.1, -0.05) is 26.8 Å². The van der Waals surface area contributed by atoms with Gasteiger partial charge in [0.1, 0.15) is 0 Å². The van der Waals surface area contributed by atoms with E-state index in [9.17, 15) is 10.1 Å². The first-order valence-electron chi connectivity index (χ1n) is 13.5. The molecule has 196 valence electrons. The fraction of sp³-hybridized carbons (Fsp3) is 0.533. The molecule has 0 saturated carbocycles. The van der Waals surface area contributed by atoms with Crippen molar-refractivity contribution in [2.45, 2.75) is 64.3 Å². The largest absolute Gasteiger partial charge is 0.379 e. The molecule has 1 aromatic carbocycles. The van der Waals surface area contributed by atoms with Crippen LogP contribution in [0.1, 0.15) is 84.0 Å². The van der Waals surface area contributed by atoms with Crippen molar-refractivity contribution in [2.75, 3.05) is 44.3 Å². The van der Waals surface area contributed by atoms with Gasteiger partial charge in [0.15, 0.2) is 5.78 Å². The Bertz CT molecular complexity index is 1290. The first-order chi connectivity index (χ1) is 17.4. The molecule has 2 aliphatic heterocycles. The number of piperidine rings is 1. The number of allylic oxidation sites excluding steroid dienone is 1. The molecule has 37 heavy (non-hydrogen) atoms. The minimum Gasteiger partial charge on any atom is -0.379 e. The molecule has 2 saturated heterocycles. The summed E-state index contributed by atoms with van der Waals surface area (Å²) in [5, 5.41) is 9.39. The molecule has 3 heterocycles. The van der Waals surface area contributed by atoms with Gasteiger partial charge < -0.3 is 14.6 Å². The Hall–Kier alpha value is -2.59. The van der Waals surface area contributed by atoms with Crippen LogP contribution in [0, 0.1) is 11.3 Å². The van der Waals surface area contributed by atoms with Gasteiger partial charge in [-0.25, -0.2) is 0 Å². The van der Waals surface area contributed by atoms with Gasteiger partial charge in [0.2, 0.25) is 0 Å². The highest BCUT2D eigenvalue weighted by Gasteiger charge is 2.39. The average Bonchev–Trinajstić information content (AvgIpc) is 3.28. The van der Waals surface area contributed by atoms with Crippen molar-refractivity contribution in [1.82, 2.24) is 9.88 Å². The third kappa shape index (κ3) is 4.31. The molecular formula is C30H37ClN4O2. The summed E-state index contributed by atoms with van der Waals surface area (Å²) in [6.45, 7) is 12.8. The number of ketones is 1. The van der Waals surface area contributed by atoms with Crippen molar-refractivity contribution in [2.24, 2.45) is 0 Å². The second kappa shape index (κ2) is 9.94. The number of nitriles is 1. The van der Waals surface area contributed by atoms with Crippen molar-refractivity contribution in [3.63, 3.8) is 0 Å². The maximum absolute atomic E-state index is 13.0. The molecule has 7 heteroatoms. The van der Waals surface area contributed by atoms with Crippen molar-refractivity contribution >= 4 is 30.0 Å². The number of anilines is 1. The molecule has 0 amide bonds. The molecule has 1 aromatic heterocycles. The number of halogens is 1. The van der Waals surface area contributed by atoms with Crippen LogP contribution in [0.3, 0.4) is 0 Å². The molecule has 0 bridgehead atoms. The number of H-pyrrole nitrogens is 1. The van der Waals surface area contributed by atoms with E-state index in [0.29, 0.717) is 11.6 Å². The number of rotatable bonds is 3. The number of fused-ring (bicyclic) bond motifs is 4. The van der Waals surface area contributed by atoms with Gasteiger partial charge in [0.05, 0.1) is 25.0 Å². The van der Waals surface area contributed by atoms with Crippen LogP contribution >= 0.6 is 12.4 Å². The van der Waals surface area contributed by atoms with Crippen LogP contribution in [0.4, 0.5) is 5.69 Å². The zero-order chi connectivity index (χ0) is 25.0. The SMILES string of the molecule is CCc1cc2c(cc1N1CCC(N3CCOCC3)CC1)C(C)(C)c1[nH]c3c(c1C2)C(=O)CC(C#N)=C3.Cl. The first kappa shape index (κ1) is 26.0. The number of ether oxygens (including phenoxy) is 1. The van der Waals surface area contributed by atoms with Crippen molar-refractivity contribution in [3.05, 3.63) is 56.9 Å². The topological polar surface area (TPSA) is 72.4 Å². The Kier molecular flexibility index (Phi) is 7.00. The van der Waals surface area contributed by atoms with Crippen molar-refractivity contribution in [1.29, 1.82) is 5.26 Å². The minimum atomic E-state index is -0.242. The summed E-state index contributed by atoms with van der Waals surface area (Å²) in [6.07, 6.45) is 6.25. The molecule has 0 spiro atoms. The van der Waals surface area contributed by atoms with Gasteiger partial charge in [0.25, 0.3) is 0 Å². The quantitative estimate of drug-likeness (QED) is 0.615. The molecule has 2 fully saturated rings. The number of aromatic amines is 1. The maximum atomic E-state index is 13.0. The van der Waals surface area contributed by atoms with E-state index in [4.69, 9.17) is 4.74 Å². The normalized spacial score (nSPS) is 21.3. The van der Waals surface area contributed by atoms with E-state index in [1.54, 1.807) is 0 Å². The fourth-order valence-electron chi connectivity index (χ4n) is 6.99. The summed E-state index contributed by atoms with van der Waals surface area (Å²) in [5.74, 6) is 0.0660.